The zero-order valence-corrected chi connectivity index (χ0v) is 11.8. The Labute approximate surface area is 127 Å². The van der Waals surface area contributed by atoms with Crippen molar-refractivity contribution >= 4 is 22.4 Å². The Hall–Kier alpha value is -3.02. The number of anilines is 1. The summed E-state index contributed by atoms with van der Waals surface area (Å²) in [5, 5.41) is 14.9. The molecular weight excluding hydrogens is 280 g/mol. The minimum absolute atomic E-state index is 0.110. The molecule has 0 bridgehead atoms. The Balaban J connectivity index is 1.66. The van der Waals surface area contributed by atoms with E-state index < -0.39 is 4.92 Å². The highest BCUT2D eigenvalue weighted by molar-refractivity contribution is 5.88. The van der Waals surface area contributed by atoms with E-state index in [1.165, 1.54) is 18.5 Å². The van der Waals surface area contributed by atoms with E-state index in [4.69, 9.17) is 0 Å². The first-order valence-electron chi connectivity index (χ1n) is 6.91. The molecule has 1 heterocycles. The van der Waals surface area contributed by atoms with Crippen molar-refractivity contribution in [3.8, 4) is 0 Å². The van der Waals surface area contributed by atoms with E-state index in [0.717, 1.165) is 28.7 Å². The van der Waals surface area contributed by atoms with Crippen LogP contribution in [0.3, 0.4) is 0 Å². The fourth-order valence-electron chi connectivity index (χ4n) is 2.26. The summed E-state index contributed by atoms with van der Waals surface area (Å²) in [6.07, 6.45) is 2.30. The van der Waals surface area contributed by atoms with Crippen molar-refractivity contribution in [1.82, 2.24) is 9.97 Å². The van der Waals surface area contributed by atoms with Crippen molar-refractivity contribution in [2.24, 2.45) is 0 Å². The lowest BCUT2D eigenvalue weighted by Gasteiger charge is -2.08. The molecule has 0 aliphatic rings. The van der Waals surface area contributed by atoms with Crippen molar-refractivity contribution < 1.29 is 4.92 Å². The normalized spacial score (nSPS) is 10.5. The van der Waals surface area contributed by atoms with Gasteiger partial charge in [-0.15, -0.1) is 0 Å². The van der Waals surface area contributed by atoms with E-state index in [1.807, 2.05) is 24.3 Å². The van der Waals surface area contributed by atoms with Gasteiger partial charge in [0.1, 0.15) is 12.1 Å². The molecular formula is C16H14N4O2. The van der Waals surface area contributed by atoms with Crippen LogP contribution in [0, 0.1) is 10.1 Å². The summed E-state index contributed by atoms with van der Waals surface area (Å²) in [7, 11) is 0. The van der Waals surface area contributed by atoms with E-state index in [0.29, 0.717) is 6.54 Å². The lowest BCUT2D eigenvalue weighted by atomic mass is 10.1. The molecule has 0 aliphatic heterocycles. The van der Waals surface area contributed by atoms with Crippen LogP contribution >= 0.6 is 0 Å². The maximum Gasteiger partial charge on any atom is 0.269 e. The Morgan fingerprint density at radius 1 is 1.05 bits per heavy atom. The van der Waals surface area contributed by atoms with Gasteiger partial charge in [-0.05, 0) is 24.1 Å². The largest absolute Gasteiger partial charge is 0.369 e. The van der Waals surface area contributed by atoms with Crippen LogP contribution in [0.25, 0.3) is 10.9 Å². The lowest BCUT2D eigenvalue weighted by molar-refractivity contribution is -0.384. The van der Waals surface area contributed by atoms with Crippen LogP contribution in [-0.4, -0.2) is 21.4 Å². The molecule has 6 nitrogen and oxygen atoms in total. The molecule has 0 radical (unpaired) electrons. The maximum absolute atomic E-state index is 10.6. The number of rotatable bonds is 5. The van der Waals surface area contributed by atoms with E-state index in [9.17, 15) is 10.1 Å². The second-order valence-corrected chi connectivity index (χ2v) is 4.84. The molecule has 0 unspecified atom stereocenters. The molecule has 6 heteroatoms. The number of nitro groups is 1. The van der Waals surface area contributed by atoms with Gasteiger partial charge in [-0.3, -0.25) is 10.1 Å². The first-order chi connectivity index (χ1) is 10.7. The predicted octanol–water partition coefficient (Wildman–Crippen LogP) is 3.19. The van der Waals surface area contributed by atoms with Crippen LogP contribution in [0.1, 0.15) is 5.56 Å². The van der Waals surface area contributed by atoms with Crippen LogP contribution in [0.15, 0.2) is 54.9 Å². The van der Waals surface area contributed by atoms with Gasteiger partial charge in [0.25, 0.3) is 5.69 Å². The molecule has 0 saturated heterocycles. The maximum atomic E-state index is 10.6. The smallest absolute Gasteiger partial charge is 0.269 e. The highest BCUT2D eigenvalue weighted by Gasteiger charge is 2.05. The SMILES string of the molecule is O=[N+]([O-])c1ccc(CCNc2ncnc3ccccc23)cc1. The first-order valence-corrected chi connectivity index (χ1v) is 6.91. The standard InChI is InChI=1S/C16H14N4O2/c21-20(22)13-7-5-12(6-8-13)9-10-17-16-14-3-1-2-4-15(14)18-11-19-16/h1-8,11H,9-10H2,(H,17,18,19). The zero-order chi connectivity index (χ0) is 15.4. The van der Waals surface area contributed by atoms with Crippen molar-refractivity contribution in [3.63, 3.8) is 0 Å². The van der Waals surface area contributed by atoms with Gasteiger partial charge in [-0.2, -0.15) is 0 Å². The van der Waals surface area contributed by atoms with Gasteiger partial charge in [0.2, 0.25) is 0 Å². The molecule has 0 aliphatic carbocycles. The number of fused-ring (bicyclic) bond motifs is 1. The number of hydrogen-bond donors (Lipinski definition) is 1. The second kappa shape index (κ2) is 6.17. The van der Waals surface area contributed by atoms with Crippen LogP contribution in [-0.2, 0) is 6.42 Å². The van der Waals surface area contributed by atoms with Crippen molar-refractivity contribution in [1.29, 1.82) is 0 Å². The van der Waals surface area contributed by atoms with E-state index >= 15 is 0 Å². The quantitative estimate of drug-likeness (QED) is 0.577. The topological polar surface area (TPSA) is 81.0 Å². The average molecular weight is 294 g/mol. The molecule has 1 aromatic heterocycles. The Morgan fingerprint density at radius 2 is 1.82 bits per heavy atom. The number of hydrogen-bond acceptors (Lipinski definition) is 5. The third-order valence-corrected chi connectivity index (χ3v) is 3.40. The highest BCUT2D eigenvalue weighted by atomic mass is 16.6. The molecule has 0 fully saturated rings. The minimum atomic E-state index is -0.394. The molecule has 3 rings (SSSR count). The predicted molar refractivity (Wildman–Crippen MR) is 84.8 cm³/mol. The molecule has 0 amide bonds. The summed E-state index contributed by atoms with van der Waals surface area (Å²) in [4.78, 5) is 18.7. The van der Waals surface area contributed by atoms with Gasteiger partial charge in [-0.1, -0.05) is 24.3 Å². The van der Waals surface area contributed by atoms with E-state index in [-0.39, 0.29) is 5.69 Å². The van der Waals surface area contributed by atoms with Gasteiger partial charge in [0, 0.05) is 24.1 Å². The Bertz CT molecular complexity index is 797. The van der Waals surface area contributed by atoms with Crippen molar-refractivity contribution in [2.75, 3.05) is 11.9 Å². The Morgan fingerprint density at radius 3 is 2.59 bits per heavy atom. The number of nitro benzene ring substituents is 1. The molecule has 2 aromatic carbocycles. The van der Waals surface area contributed by atoms with E-state index in [1.54, 1.807) is 12.1 Å². The van der Waals surface area contributed by atoms with Crippen LogP contribution < -0.4 is 5.32 Å². The van der Waals surface area contributed by atoms with Crippen LogP contribution in [0.5, 0.6) is 0 Å². The van der Waals surface area contributed by atoms with Gasteiger partial charge in [0.05, 0.1) is 10.4 Å². The zero-order valence-electron chi connectivity index (χ0n) is 11.8. The monoisotopic (exact) mass is 294 g/mol. The third kappa shape index (κ3) is 3.01. The summed E-state index contributed by atoms with van der Waals surface area (Å²) in [5.74, 6) is 0.799. The lowest BCUT2D eigenvalue weighted by Crippen LogP contribution is -2.07. The first kappa shape index (κ1) is 13.9. The van der Waals surface area contributed by atoms with Crippen molar-refractivity contribution in [3.05, 3.63) is 70.5 Å². The molecule has 0 spiro atoms. The number of benzene rings is 2. The molecule has 0 saturated carbocycles. The second-order valence-electron chi connectivity index (χ2n) is 4.84. The number of para-hydroxylation sites is 1. The number of aromatic nitrogens is 2. The fraction of sp³-hybridized carbons (Fsp3) is 0.125. The van der Waals surface area contributed by atoms with Gasteiger partial charge >= 0.3 is 0 Å². The van der Waals surface area contributed by atoms with Gasteiger partial charge in [0.15, 0.2) is 0 Å². The van der Waals surface area contributed by atoms with Crippen LogP contribution in [0.2, 0.25) is 0 Å². The highest BCUT2D eigenvalue weighted by Crippen LogP contribution is 2.18. The van der Waals surface area contributed by atoms with Crippen LogP contribution in [0.4, 0.5) is 11.5 Å². The molecule has 1 N–H and O–H groups in total. The molecule has 22 heavy (non-hydrogen) atoms. The summed E-state index contributed by atoms with van der Waals surface area (Å²) >= 11 is 0. The number of non-ortho nitro benzene ring substituents is 1. The summed E-state index contributed by atoms with van der Waals surface area (Å²) in [5.41, 5.74) is 2.05. The van der Waals surface area contributed by atoms with Gasteiger partial charge in [-0.25, -0.2) is 9.97 Å². The summed E-state index contributed by atoms with van der Waals surface area (Å²) in [6.45, 7) is 0.693. The molecule has 3 aromatic rings. The minimum Gasteiger partial charge on any atom is -0.369 e. The fourth-order valence-corrected chi connectivity index (χ4v) is 2.26. The van der Waals surface area contributed by atoms with Gasteiger partial charge < -0.3 is 5.32 Å². The summed E-state index contributed by atoms with van der Waals surface area (Å²) in [6, 6.07) is 14.4. The van der Waals surface area contributed by atoms with Crippen molar-refractivity contribution in [2.45, 2.75) is 6.42 Å². The van der Waals surface area contributed by atoms with E-state index in [2.05, 4.69) is 15.3 Å². The molecule has 0 atom stereocenters. The third-order valence-electron chi connectivity index (χ3n) is 3.40. The summed E-state index contributed by atoms with van der Waals surface area (Å²) < 4.78 is 0. The number of nitrogens with one attached hydrogen (secondary N) is 1. The number of nitrogens with zero attached hydrogens (tertiary/aromatic N) is 3. The average Bonchev–Trinajstić information content (AvgIpc) is 2.55. The Kier molecular flexibility index (Phi) is 3.91. The molecule has 110 valence electrons.